The summed E-state index contributed by atoms with van der Waals surface area (Å²) in [6.07, 6.45) is 0. The fraction of sp³-hybridized carbons (Fsp3) is 0.160. The smallest absolute Gasteiger partial charge is 0.326 e. The molecule has 0 atom stereocenters. The van der Waals surface area contributed by atoms with E-state index in [1.54, 1.807) is 54.0 Å². The average Bonchev–Trinajstić information content (AvgIpc) is 3.47. The van der Waals surface area contributed by atoms with Crippen molar-refractivity contribution in [1.82, 2.24) is 4.57 Å². The Morgan fingerprint density at radius 3 is 2.57 bits per heavy atom. The van der Waals surface area contributed by atoms with E-state index in [1.807, 2.05) is 0 Å². The van der Waals surface area contributed by atoms with Crippen LogP contribution in [0.15, 0.2) is 76.6 Å². The van der Waals surface area contributed by atoms with E-state index in [4.69, 9.17) is 14.2 Å². The third-order valence-corrected chi connectivity index (χ3v) is 7.82. The van der Waals surface area contributed by atoms with E-state index < -0.39 is 21.9 Å². The lowest BCUT2D eigenvalue weighted by Crippen LogP contribution is -2.23. The molecule has 190 valence electrons. The number of carbonyl (C=O) groups is 2. The number of thiazole rings is 1. The van der Waals surface area contributed by atoms with Crippen LogP contribution in [0, 0.1) is 0 Å². The molecule has 3 aromatic carbocycles. The molecule has 4 aromatic rings. The summed E-state index contributed by atoms with van der Waals surface area (Å²) in [4.78, 5) is 30.1. The minimum Gasteiger partial charge on any atom is -0.465 e. The van der Waals surface area contributed by atoms with Crippen LogP contribution in [0.5, 0.6) is 11.5 Å². The Morgan fingerprint density at radius 2 is 1.81 bits per heavy atom. The van der Waals surface area contributed by atoms with E-state index in [9.17, 15) is 18.0 Å². The second kappa shape index (κ2) is 10.1. The van der Waals surface area contributed by atoms with Crippen LogP contribution in [0.3, 0.4) is 0 Å². The molecule has 1 N–H and O–H groups in total. The Kier molecular flexibility index (Phi) is 6.68. The molecular formula is C25H21N3O7S2. The molecule has 0 saturated heterocycles. The highest BCUT2D eigenvalue weighted by molar-refractivity contribution is 7.92. The van der Waals surface area contributed by atoms with Gasteiger partial charge in [0.25, 0.3) is 15.9 Å². The number of ether oxygens (including phenoxy) is 3. The van der Waals surface area contributed by atoms with E-state index >= 15 is 0 Å². The van der Waals surface area contributed by atoms with Crippen LogP contribution < -0.4 is 19.0 Å². The maximum atomic E-state index is 13.1. The Bertz CT molecular complexity index is 1680. The molecular weight excluding hydrogens is 518 g/mol. The van der Waals surface area contributed by atoms with Crippen molar-refractivity contribution in [1.29, 1.82) is 0 Å². The van der Waals surface area contributed by atoms with Crippen LogP contribution in [0.1, 0.15) is 17.3 Å². The number of benzene rings is 3. The van der Waals surface area contributed by atoms with Gasteiger partial charge in [-0.3, -0.25) is 14.3 Å². The van der Waals surface area contributed by atoms with Gasteiger partial charge in [-0.2, -0.15) is 4.99 Å². The number of nitrogens with zero attached hydrogens (tertiary/aromatic N) is 2. The molecule has 0 spiro atoms. The van der Waals surface area contributed by atoms with Gasteiger partial charge in [0.15, 0.2) is 16.3 Å². The Labute approximate surface area is 215 Å². The first-order valence-electron chi connectivity index (χ1n) is 11.2. The minimum absolute atomic E-state index is 0.0987. The number of fused-ring (bicyclic) bond motifs is 2. The number of hydrogen-bond donors (Lipinski definition) is 1. The number of esters is 1. The molecule has 37 heavy (non-hydrogen) atoms. The van der Waals surface area contributed by atoms with E-state index in [1.165, 1.54) is 35.6 Å². The van der Waals surface area contributed by atoms with Crippen LogP contribution in [-0.4, -0.2) is 38.3 Å². The molecule has 10 nitrogen and oxygen atoms in total. The predicted octanol–water partition coefficient (Wildman–Crippen LogP) is 3.54. The Hall–Kier alpha value is -4.16. The zero-order valence-corrected chi connectivity index (χ0v) is 21.2. The zero-order valence-electron chi connectivity index (χ0n) is 19.5. The van der Waals surface area contributed by atoms with Crippen LogP contribution in [0.4, 0.5) is 5.69 Å². The molecule has 1 aliphatic rings. The first-order chi connectivity index (χ1) is 17.8. The monoisotopic (exact) mass is 539 g/mol. The normalized spacial score (nSPS) is 13.1. The van der Waals surface area contributed by atoms with Crippen LogP contribution in [-0.2, 0) is 26.1 Å². The molecule has 0 fully saturated rings. The largest absolute Gasteiger partial charge is 0.465 e. The summed E-state index contributed by atoms with van der Waals surface area (Å²) in [6, 6.07) is 17.5. The molecule has 1 aliphatic heterocycles. The summed E-state index contributed by atoms with van der Waals surface area (Å²) in [7, 11) is -3.83. The van der Waals surface area contributed by atoms with Gasteiger partial charge in [0, 0.05) is 23.4 Å². The van der Waals surface area contributed by atoms with Crippen molar-refractivity contribution < 1.29 is 32.2 Å². The zero-order chi connectivity index (χ0) is 26.0. The van der Waals surface area contributed by atoms with Gasteiger partial charge in [-0.25, -0.2) is 8.42 Å². The molecule has 12 heteroatoms. The summed E-state index contributed by atoms with van der Waals surface area (Å²) >= 11 is 1.21. The van der Waals surface area contributed by atoms with Gasteiger partial charge in [0.05, 0.1) is 21.7 Å². The maximum absolute atomic E-state index is 13.1. The molecule has 0 saturated carbocycles. The van der Waals surface area contributed by atoms with Gasteiger partial charge in [-0.05, 0) is 37.3 Å². The summed E-state index contributed by atoms with van der Waals surface area (Å²) in [5.41, 5.74) is 1.02. The van der Waals surface area contributed by atoms with Crippen LogP contribution in [0.25, 0.3) is 10.2 Å². The maximum Gasteiger partial charge on any atom is 0.326 e. The quantitative estimate of drug-likeness (QED) is 0.356. The van der Waals surface area contributed by atoms with Crippen molar-refractivity contribution in [2.45, 2.75) is 18.4 Å². The molecule has 0 bridgehead atoms. The fourth-order valence-electron chi connectivity index (χ4n) is 3.71. The third kappa shape index (κ3) is 5.20. The highest BCUT2D eigenvalue weighted by Crippen LogP contribution is 2.37. The fourth-order valence-corrected chi connectivity index (χ4v) is 5.82. The molecule has 0 aliphatic carbocycles. The first kappa shape index (κ1) is 24.5. The van der Waals surface area contributed by atoms with E-state index in [2.05, 4.69) is 9.71 Å². The van der Waals surface area contributed by atoms with Crippen molar-refractivity contribution in [3.63, 3.8) is 0 Å². The van der Waals surface area contributed by atoms with Gasteiger partial charge >= 0.3 is 5.97 Å². The summed E-state index contributed by atoms with van der Waals surface area (Å²) in [5, 5.41) is 0. The number of anilines is 1. The van der Waals surface area contributed by atoms with E-state index in [-0.39, 0.29) is 40.9 Å². The second-order valence-corrected chi connectivity index (χ2v) is 10.6. The number of amides is 1. The number of sulfonamides is 1. The van der Waals surface area contributed by atoms with E-state index in [0.717, 1.165) is 4.70 Å². The highest BCUT2D eigenvalue weighted by Gasteiger charge is 2.20. The number of carbonyl (C=O) groups excluding carboxylic acids is 2. The van der Waals surface area contributed by atoms with Crippen LogP contribution >= 0.6 is 11.3 Å². The number of hydrogen-bond acceptors (Lipinski definition) is 8. The van der Waals surface area contributed by atoms with Gasteiger partial charge < -0.3 is 18.8 Å². The van der Waals surface area contributed by atoms with Gasteiger partial charge in [0.2, 0.25) is 6.79 Å². The predicted molar refractivity (Wildman–Crippen MR) is 136 cm³/mol. The lowest BCUT2D eigenvalue weighted by Gasteiger charge is -2.08. The van der Waals surface area contributed by atoms with Gasteiger partial charge in [0.1, 0.15) is 6.54 Å². The summed E-state index contributed by atoms with van der Waals surface area (Å²) in [5.74, 6) is 0.00328. The third-order valence-electron chi connectivity index (χ3n) is 5.38. The lowest BCUT2D eigenvalue weighted by molar-refractivity contribution is -0.143. The van der Waals surface area contributed by atoms with Crippen molar-refractivity contribution in [3.8, 4) is 11.5 Å². The SMILES string of the molecule is CCOC(=O)Cn1c(=NC(=O)c2cccc(NS(=O)(=O)c3ccccc3)c2)sc2cc3c(cc21)OCO3. The van der Waals surface area contributed by atoms with E-state index in [0.29, 0.717) is 17.0 Å². The highest BCUT2D eigenvalue weighted by atomic mass is 32.2. The summed E-state index contributed by atoms with van der Waals surface area (Å²) in [6.45, 7) is 1.87. The number of rotatable bonds is 7. The topological polar surface area (TPSA) is 125 Å². The lowest BCUT2D eigenvalue weighted by atomic mass is 10.2. The van der Waals surface area contributed by atoms with Crippen molar-refractivity contribution in [2.24, 2.45) is 4.99 Å². The first-order valence-corrected chi connectivity index (χ1v) is 13.5. The molecule has 0 radical (unpaired) electrons. The standard InChI is InChI=1S/C25H21N3O7S2/c1-2-33-23(29)14-28-19-12-20-21(35-15-34-20)13-22(19)36-25(28)26-24(30)16-7-6-8-17(11-16)27-37(31,32)18-9-4-3-5-10-18/h3-13,27H,2,14-15H2,1H3. The van der Waals surface area contributed by atoms with Crippen molar-refractivity contribution in [3.05, 3.63) is 77.1 Å². The van der Waals surface area contributed by atoms with Crippen molar-refractivity contribution in [2.75, 3.05) is 18.1 Å². The second-order valence-electron chi connectivity index (χ2n) is 7.87. The van der Waals surface area contributed by atoms with Gasteiger partial charge in [-0.15, -0.1) is 0 Å². The number of aromatic nitrogens is 1. The molecule has 2 heterocycles. The molecule has 1 aromatic heterocycles. The molecule has 0 unspecified atom stereocenters. The van der Waals surface area contributed by atoms with Gasteiger partial charge in [-0.1, -0.05) is 35.6 Å². The Morgan fingerprint density at radius 1 is 1.05 bits per heavy atom. The number of nitrogens with one attached hydrogen (secondary N) is 1. The van der Waals surface area contributed by atoms with Crippen LogP contribution in [0.2, 0.25) is 0 Å². The van der Waals surface area contributed by atoms with Crippen molar-refractivity contribution >= 4 is 49.1 Å². The molecule has 1 amide bonds. The Balaban J connectivity index is 1.50. The molecule has 5 rings (SSSR count). The summed E-state index contributed by atoms with van der Waals surface area (Å²) < 4.78 is 46.1. The minimum atomic E-state index is -3.83. The average molecular weight is 540 g/mol.